The Labute approximate surface area is 108 Å². The first kappa shape index (κ1) is 11.7. The Bertz CT molecular complexity index is 538. The van der Waals surface area contributed by atoms with E-state index in [-0.39, 0.29) is 0 Å². The molecule has 4 nitrogen and oxygen atoms in total. The van der Waals surface area contributed by atoms with E-state index in [1.165, 1.54) is 11.4 Å². The van der Waals surface area contributed by atoms with Crippen molar-refractivity contribution in [2.45, 2.75) is 13.5 Å². The molecule has 3 rings (SSSR count). The summed E-state index contributed by atoms with van der Waals surface area (Å²) in [5, 5.41) is 0. The van der Waals surface area contributed by atoms with Crippen LogP contribution in [0.2, 0.25) is 0 Å². The molecule has 3 heterocycles. The Morgan fingerprint density at radius 2 is 1.94 bits per heavy atom. The second-order valence-corrected chi connectivity index (χ2v) is 5.21. The first-order valence-electron chi connectivity index (χ1n) is 6.57. The first-order chi connectivity index (χ1) is 8.72. The molecule has 0 atom stereocenters. The molecule has 18 heavy (non-hydrogen) atoms. The zero-order chi connectivity index (χ0) is 12.5. The lowest BCUT2D eigenvalue weighted by molar-refractivity contribution is 0.147. The summed E-state index contributed by atoms with van der Waals surface area (Å²) in [5.74, 6) is 0. The van der Waals surface area contributed by atoms with E-state index in [9.17, 15) is 0 Å². The average molecular weight is 244 g/mol. The summed E-state index contributed by atoms with van der Waals surface area (Å²) in [5.41, 5.74) is 3.47. The summed E-state index contributed by atoms with van der Waals surface area (Å²) >= 11 is 0. The van der Waals surface area contributed by atoms with Gasteiger partial charge in [0.05, 0.1) is 5.69 Å². The zero-order valence-electron chi connectivity index (χ0n) is 11.1. The van der Waals surface area contributed by atoms with Crippen LogP contribution < -0.4 is 0 Å². The predicted molar refractivity (Wildman–Crippen MR) is 72.7 cm³/mol. The van der Waals surface area contributed by atoms with Gasteiger partial charge in [-0.15, -0.1) is 0 Å². The van der Waals surface area contributed by atoms with Crippen LogP contribution in [-0.2, 0) is 6.54 Å². The highest BCUT2D eigenvalue weighted by Crippen LogP contribution is 2.11. The van der Waals surface area contributed by atoms with Gasteiger partial charge in [0.2, 0.25) is 0 Å². The predicted octanol–water partition coefficient (Wildman–Crippen LogP) is 1.39. The lowest BCUT2D eigenvalue weighted by Gasteiger charge is -2.31. The highest BCUT2D eigenvalue weighted by molar-refractivity contribution is 5.41. The molecule has 0 amide bonds. The monoisotopic (exact) mass is 244 g/mol. The molecule has 0 saturated carbocycles. The van der Waals surface area contributed by atoms with Gasteiger partial charge in [-0.25, -0.2) is 4.98 Å². The fourth-order valence-corrected chi connectivity index (χ4v) is 2.51. The van der Waals surface area contributed by atoms with Gasteiger partial charge in [-0.1, -0.05) is 6.07 Å². The number of pyridine rings is 1. The minimum absolute atomic E-state index is 0.967. The number of rotatable bonds is 2. The van der Waals surface area contributed by atoms with Gasteiger partial charge in [0.15, 0.2) is 0 Å². The van der Waals surface area contributed by atoms with E-state index in [1.807, 2.05) is 0 Å². The molecule has 0 aliphatic carbocycles. The molecule has 1 fully saturated rings. The quantitative estimate of drug-likeness (QED) is 0.797. The SMILES string of the molecule is Cc1cccc2nc(CN3CCN(C)CC3)cn12. The van der Waals surface area contributed by atoms with Gasteiger partial charge in [0.25, 0.3) is 0 Å². The van der Waals surface area contributed by atoms with Crippen LogP contribution >= 0.6 is 0 Å². The van der Waals surface area contributed by atoms with Crippen LogP contribution in [0.1, 0.15) is 11.4 Å². The molecular formula is C14H20N4. The molecule has 1 aliphatic heterocycles. The van der Waals surface area contributed by atoms with Crippen LogP contribution in [0.15, 0.2) is 24.4 Å². The largest absolute Gasteiger partial charge is 0.304 e. The number of hydrogen-bond donors (Lipinski definition) is 0. The highest BCUT2D eigenvalue weighted by Gasteiger charge is 2.15. The number of aryl methyl sites for hydroxylation is 1. The van der Waals surface area contributed by atoms with Gasteiger partial charge in [-0.2, -0.15) is 0 Å². The summed E-state index contributed by atoms with van der Waals surface area (Å²) < 4.78 is 2.17. The summed E-state index contributed by atoms with van der Waals surface area (Å²) in [7, 11) is 2.19. The number of fused-ring (bicyclic) bond motifs is 1. The Hall–Kier alpha value is -1.39. The first-order valence-corrected chi connectivity index (χ1v) is 6.57. The Balaban J connectivity index is 1.77. The van der Waals surface area contributed by atoms with E-state index in [1.54, 1.807) is 0 Å². The second-order valence-electron chi connectivity index (χ2n) is 5.21. The number of likely N-dealkylation sites (N-methyl/N-ethyl adjacent to an activating group) is 1. The van der Waals surface area contributed by atoms with Crippen molar-refractivity contribution in [1.29, 1.82) is 0 Å². The van der Waals surface area contributed by atoms with Crippen LogP contribution in [0.25, 0.3) is 5.65 Å². The number of hydrogen-bond acceptors (Lipinski definition) is 3. The highest BCUT2D eigenvalue weighted by atomic mass is 15.2. The normalized spacial score (nSPS) is 18.6. The van der Waals surface area contributed by atoms with Gasteiger partial charge in [0.1, 0.15) is 5.65 Å². The van der Waals surface area contributed by atoms with Crippen molar-refractivity contribution >= 4 is 5.65 Å². The summed E-state index contributed by atoms with van der Waals surface area (Å²) in [4.78, 5) is 9.56. The van der Waals surface area contributed by atoms with Crippen LogP contribution in [0.5, 0.6) is 0 Å². The molecule has 2 aromatic rings. The molecule has 2 aromatic heterocycles. The minimum Gasteiger partial charge on any atom is -0.304 e. The third-order valence-electron chi connectivity index (χ3n) is 3.73. The van der Waals surface area contributed by atoms with Gasteiger partial charge in [0, 0.05) is 44.6 Å². The molecule has 0 bridgehead atoms. The van der Waals surface area contributed by atoms with Gasteiger partial charge < -0.3 is 9.30 Å². The number of aromatic nitrogens is 2. The van der Waals surface area contributed by atoms with Crippen molar-refractivity contribution in [3.8, 4) is 0 Å². The molecule has 96 valence electrons. The summed E-state index contributed by atoms with van der Waals surface area (Å²) in [6.07, 6.45) is 2.17. The zero-order valence-corrected chi connectivity index (χ0v) is 11.1. The van der Waals surface area contributed by atoms with Gasteiger partial charge in [-0.3, -0.25) is 4.90 Å². The fourth-order valence-electron chi connectivity index (χ4n) is 2.51. The lowest BCUT2D eigenvalue weighted by Crippen LogP contribution is -2.43. The van der Waals surface area contributed by atoms with Crippen molar-refractivity contribution in [1.82, 2.24) is 19.2 Å². The van der Waals surface area contributed by atoms with Crippen LogP contribution in [0.4, 0.5) is 0 Å². The standard InChI is InChI=1S/C14H20N4/c1-12-4-3-5-14-15-13(11-18(12)14)10-17-8-6-16(2)7-9-17/h3-5,11H,6-10H2,1-2H3. The Morgan fingerprint density at radius 1 is 1.17 bits per heavy atom. The molecule has 0 unspecified atom stereocenters. The fraction of sp³-hybridized carbons (Fsp3) is 0.500. The van der Waals surface area contributed by atoms with E-state index < -0.39 is 0 Å². The van der Waals surface area contributed by atoms with E-state index in [0.29, 0.717) is 0 Å². The molecule has 0 spiro atoms. The van der Waals surface area contributed by atoms with Gasteiger partial charge in [-0.05, 0) is 26.1 Å². The Kier molecular flexibility index (Phi) is 3.06. The second kappa shape index (κ2) is 4.71. The summed E-state index contributed by atoms with van der Waals surface area (Å²) in [6.45, 7) is 7.69. The topological polar surface area (TPSA) is 23.8 Å². The number of nitrogens with zero attached hydrogens (tertiary/aromatic N) is 4. The third kappa shape index (κ3) is 2.26. The van der Waals surface area contributed by atoms with Crippen LogP contribution in [0, 0.1) is 6.92 Å². The average Bonchev–Trinajstić information content (AvgIpc) is 2.76. The number of piperazine rings is 1. The van der Waals surface area contributed by atoms with Crippen molar-refractivity contribution in [3.63, 3.8) is 0 Å². The maximum atomic E-state index is 4.69. The lowest BCUT2D eigenvalue weighted by atomic mass is 10.3. The minimum atomic E-state index is 0.967. The van der Waals surface area contributed by atoms with Crippen molar-refractivity contribution < 1.29 is 0 Å². The molecule has 0 N–H and O–H groups in total. The van der Waals surface area contributed by atoms with E-state index in [4.69, 9.17) is 4.98 Å². The molecule has 0 radical (unpaired) electrons. The molecule has 1 aliphatic rings. The van der Waals surface area contributed by atoms with Crippen molar-refractivity contribution in [3.05, 3.63) is 35.8 Å². The third-order valence-corrected chi connectivity index (χ3v) is 3.73. The molecule has 0 aromatic carbocycles. The van der Waals surface area contributed by atoms with Gasteiger partial charge >= 0.3 is 0 Å². The van der Waals surface area contributed by atoms with E-state index in [2.05, 4.69) is 52.6 Å². The summed E-state index contributed by atoms with van der Waals surface area (Å²) in [6, 6.07) is 6.26. The van der Waals surface area contributed by atoms with E-state index >= 15 is 0 Å². The molecule has 1 saturated heterocycles. The van der Waals surface area contributed by atoms with Crippen molar-refractivity contribution in [2.24, 2.45) is 0 Å². The number of imidazole rings is 1. The molecular weight excluding hydrogens is 224 g/mol. The van der Waals surface area contributed by atoms with Crippen LogP contribution in [-0.4, -0.2) is 52.4 Å². The smallest absolute Gasteiger partial charge is 0.137 e. The van der Waals surface area contributed by atoms with E-state index in [0.717, 1.165) is 38.4 Å². The Morgan fingerprint density at radius 3 is 2.67 bits per heavy atom. The van der Waals surface area contributed by atoms with Crippen LogP contribution in [0.3, 0.4) is 0 Å². The maximum Gasteiger partial charge on any atom is 0.137 e. The van der Waals surface area contributed by atoms with Crippen molar-refractivity contribution in [2.75, 3.05) is 33.2 Å². The molecule has 4 heteroatoms. The maximum absolute atomic E-state index is 4.69.